The van der Waals surface area contributed by atoms with E-state index >= 15 is 0 Å². The van der Waals surface area contributed by atoms with Crippen LogP contribution >= 0.6 is 0 Å². The molecule has 0 heterocycles. The third-order valence-electron chi connectivity index (χ3n) is 4.38. The molecule has 0 radical (unpaired) electrons. The van der Waals surface area contributed by atoms with Crippen LogP contribution in [0.5, 0.6) is 0 Å². The summed E-state index contributed by atoms with van der Waals surface area (Å²) in [5.74, 6) is 4.25. The van der Waals surface area contributed by atoms with Crippen LogP contribution in [-0.4, -0.2) is 0 Å². The van der Waals surface area contributed by atoms with E-state index in [-0.39, 0.29) is 0 Å². The van der Waals surface area contributed by atoms with Gasteiger partial charge in [-0.3, -0.25) is 0 Å². The van der Waals surface area contributed by atoms with Gasteiger partial charge in [-0.25, -0.2) is 0 Å². The second-order valence-electron chi connectivity index (χ2n) is 5.71. The Hall–Kier alpha value is 0. The monoisotopic (exact) mass is 180 g/mol. The largest absolute Gasteiger partial charge is 0.0625 e. The van der Waals surface area contributed by atoms with E-state index in [0.717, 1.165) is 23.7 Å². The Morgan fingerprint density at radius 3 is 2.08 bits per heavy atom. The highest BCUT2D eigenvalue weighted by Crippen LogP contribution is 2.42. The Balaban J connectivity index is 1.97. The summed E-state index contributed by atoms with van der Waals surface area (Å²) in [5.41, 5.74) is 0. The quantitative estimate of drug-likeness (QED) is 0.523. The molecule has 0 bridgehead atoms. The van der Waals surface area contributed by atoms with Crippen molar-refractivity contribution in [2.75, 3.05) is 0 Å². The molecule has 76 valence electrons. The maximum atomic E-state index is 2.46. The standard InChI is InChI=1S/C13H24/c1-10-4-3-5-12-9-11(2)6-7-13(12)8-10/h10-13H,3-9H2,1-2H3. The second-order valence-corrected chi connectivity index (χ2v) is 5.71. The number of hydrogen-bond acceptors (Lipinski definition) is 0. The van der Waals surface area contributed by atoms with Gasteiger partial charge in [0.2, 0.25) is 0 Å². The lowest BCUT2D eigenvalue weighted by molar-refractivity contribution is 0.171. The molecule has 4 unspecified atom stereocenters. The topological polar surface area (TPSA) is 0 Å². The van der Waals surface area contributed by atoms with Gasteiger partial charge in [-0.2, -0.15) is 0 Å². The first-order chi connectivity index (χ1) is 6.25. The molecule has 0 aromatic rings. The molecule has 0 amide bonds. The van der Waals surface area contributed by atoms with Gasteiger partial charge < -0.3 is 0 Å². The highest BCUT2D eigenvalue weighted by Gasteiger charge is 2.31. The molecule has 0 aromatic heterocycles. The van der Waals surface area contributed by atoms with Crippen molar-refractivity contribution in [3.63, 3.8) is 0 Å². The van der Waals surface area contributed by atoms with E-state index in [0.29, 0.717) is 0 Å². The average molecular weight is 180 g/mol. The molecule has 0 heteroatoms. The van der Waals surface area contributed by atoms with Gasteiger partial charge in [-0.1, -0.05) is 39.5 Å². The number of fused-ring (bicyclic) bond motifs is 1. The fourth-order valence-corrected chi connectivity index (χ4v) is 3.59. The SMILES string of the molecule is CC1CCC2CC(C)CCCC2C1. The smallest absolute Gasteiger partial charge is 0.0383 e. The Morgan fingerprint density at radius 1 is 0.692 bits per heavy atom. The summed E-state index contributed by atoms with van der Waals surface area (Å²) in [6.45, 7) is 4.91. The minimum Gasteiger partial charge on any atom is -0.0625 e. The van der Waals surface area contributed by atoms with Crippen molar-refractivity contribution < 1.29 is 0 Å². The average Bonchev–Trinajstić information content (AvgIpc) is 2.25. The molecule has 2 fully saturated rings. The predicted octanol–water partition coefficient (Wildman–Crippen LogP) is 4.25. The van der Waals surface area contributed by atoms with Crippen LogP contribution in [0.3, 0.4) is 0 Å². The third-order valence-corrected chi connectivity index (χ3v) is 4.38. The Labute approximate surface area is 83.1 Å². The third kappa shape index (κ3) is 2.27. The number of hydrogen-bond donors (Lipinski definition) is 0. The minimum absolute atomic E-state index is 1.02. The van der Waals surface area contributed by atoms with Gasteiger partial charge in [0.15, 0.2) is 0 Å². The lowest BCUT2D eigenvalue weighted by Crippen LogP contribution is -2.23. The van der Waals surface area contributed by atoms with Gasteiger partial charge in [0.25, 0.3) is 0 Å². The van der Waals surface area contributed by atoms with Gasteiger partial charge >= 0.3 is 0 Å². The van der Waals surface area contributed by atoms with Crippen molar-refractivity contribution in [2.45, 2.75) is 58.8 Å². The van der Waals surface area contributed by atoms with Crippen LogP contribution in [0.4, 0.5) is 0 Å². The molecule has 0 N–H and O–H groups in total. The summed E-state index contributed by atoms with van der Waals surface area (Å²) in [5, 5.41) is 0. The zero-order valence-electron chi connectivity index (χ0n) is 9.26. The van der Waals surface area contributed by atoms with E-state index in [1.54, 1.807) is 6.42 Å². The first-order valence-corrected chi connectivity index (χ1v) is 6.25. The van der Waals surface area contributed by atoms with Crippen LogP contribution in [0, 0.1) is 23.7 Å². The molecule has 2 rings (SSSR count). The Morgan fingerprint density at radius 2 is 1.31 bits per heavy atom. The van der Waals surface area contributed by atoms with Crippen molar-refractivity contribution in [3.05, 3.63) is 0 Å². The second kappa shape index (κ2) is 4.02. The van der Waals surface area contributed by atoms with E-state index in [1.165, 1.54) is 38.5 Å². The molecule has 4 atom stereocenters. The van der Waals surface area contributed by atoms with Crippen LogP contribution < -0.4 is 0 Å². The Kier molecular flexibility index (Phi) is 2.96. The van der Waals surface area contributed by atoms with Crippen LogP contribution in [-0.2, 0) is 0 Å². The summed E-state index contributed by atoms with van der Waals surface area (Å²) in [6, 6.07) is 0. The molecule has 0 spiro atoms. The van der Waals surface area contributed by atoms with Gasteiger partial charge in [0.05, 0.1) is 0 Å². The maximum absolute atomic E-state index is 2.46. The van der Waals surface area contributed by atoms with E-state index in [4.69, 9.17) is 0 Å². The zero-order valence-corrected chi connectivity index (χ0v) is 9.26. The van der Waals surface area contributed by atoms with Gasteiger partial charge in [-0.15, -0.1) is 0 Å². The molecule has 2 saturated carbocycles. The van der Waals surface area contributed by atoms with Crippen LogP contribution in [0.2, 0.25) is 0 Å². The molecule has 0 saturated heterocycles. The first kappa shape index (κ1) is 9.55. The van der Waals surface area contributed by atoms with E-state index in [2.05, 4.69) is 13.8 Å². The molecule has 0 nitrogen and oxygen atoms in total. The van der Waals surface area contributed by atoms with Gasteiger partial charge in [0.1, 0.15) is 0 Å². The normalized spacial score (nSPS) is 46.6. The van der Waals surface area contributed by atoms with Crippen LogP contribution in [0.1, 0.15) is 58.8 Å². The van der Waals surface area contributed by atoms with Crippen molar-refractivity contribution >= 4 is 0 Å². The molecule has 2 aliphatic rings. The maximum Gasteiger partial charge on any atom is -0.0383 e. The van der Waals surface area contributed by atoms with Crippen LogP contribution in [0.15, 0.2) is 0 Å². The summed E-state index contributed by atoms with van der Waals surface area (Å²) in [7, 11) is 0. The zero-order chi connectivity index (χ0) is 9.26. The van der Waals surface area contributed by atoms with Crippen molar-refractivity contribution in [2.24, 2.45) is 23.7 Å². The predicted molar refractivity (Wildman–Crippen MR) is 57.6 cm³/mol. The molecule has 2 aliphatic carbocycles. The fraction of sp³-hybridized carbons (Fsp3) is 1.00. The summed E-state index contributed by atoms with van der Waals surface area (Å²) in [4.78, 5) is 0. The fourth-order valence-electron chi connectivity index (χ4n) is 3.59. The molecule has 0 aromatic carbocycles. The summed E-state index contributed by atoms with van der Waals surface area (Å²) < 4.78 is 0. The molecule has 0 aliphatic heterocycles. The summed E-state index contributed by atoms with van der Waals surface area (Å²) >= 11 is 0. The van der Waals surface area contributed by atoms with E-state index < -0.39 is 0 Å². The summed E-state index contributed by atoms with van der Waals surface area (Å²) in [6.07, 6.45) is 10.7. The molecular weight excluding hydrogens is 156 g/mol. The number of rotatable bonds is 0. The highest BCUT2D eigenvalue weighted by molar-refractivity contribution is 4.82. The lowest BCUT2D eigenvalue weighted by atomic mass is 9.72. The minimum atomic E-state index is 1.02. The van der Waals surface area contributed by atoms with E-state index in [1.807, 2.05) is 0 Å². The molecular formula is C13H24. The molecule has 13 heavy (non-hydrogen) atoms. The van der Waals surface area contributed by atoms with Gasteiger partial charge in [0, 0.05) is 0 Å². The highest BCUT2D eigenvalue weighted by atomic mass is 14.4. The lowest BCUT2D eigenvalue weighted by Gasteiger charge is -2.34. The first-order valence-electron chi connectivity index (χ1n) is 6.25. The van der Waals surface area contributed by atoms with Gasteiger partial charge in [-0.05, 0) is 42.9 Å². The van der Waals surface area contributed by atoms with Crippen LogP contribution in [0.25, 0.3) is 0 Å². The Bertz CT molecular complexity index is 159. The van der Waals surface area contributed by atoms with Crippen molar-refractivity contribution in [1.82, 2.24) is 0 Å². The van der Waals surface area contributed by atoms with E-state index in [9.17, 15) is 0 Å². The van der Waals surface area contributed by atoms with Crippen molar-refractivity contribution in [1.29, 1.82) is 0 Å². The van der Waals surface area contributed by atoms with Crippen molar-refractivity contribution in [3.8, 4) is 0 Å².